The molecule has 21 heavy (non-hydrogen) atoms. The van der Waals surface area contributed by atoms with E-state index in [0.29, 0.717) is 0 Å². The number of likely N-dealkylation sites (tertiary alicyclic amines) is 1. The number of nitrogens with two attached hydrogens (primary N) is 1. The first-order chi connectivity index (χ1) is 9.46. The van der Waals surface area contributed by atoms with Gasteiger partial charge in [-0.05, 0) is 12.1 Å². The van der Waals surface area contributed by atoms with Crippen LogP contribution in [0.3, 0.4) is 0 Å². The zero-order valence-corrected chi connectivity index (χ0v) is 12.2. The van der Waals surface area contributed by atoms with Crippen LogP contribution in [0.1, 0.15) is 12.8 Å². The number of halogens is 3. The number of piperidine rings is 1. The second kappa shape index (κ2) is 7.21. The molecule has 116 valence electrons. The van der Waals surface area contributed by atoms with Gasteiger partial charge in [0.15, 0.2) is 5.96 Å². The number of hydrogen-bond acceptors (Lipinski definition) is 1. The maximum Gasteiger partial charge on any atom is 0.251 e. The van der Waals surface area contributed by atoms with E-state index in [1.54, 1.807) is 17.0 Å². The van der Waals surface area contributed by atoms with Gasteiger partial charge in [-0.2, -0.15) is 4.99 Å². The van der Waals surface area contributed by atoms with Crippen LogP contribution in [0.25, 0.3) is 0 Å². The van der Waals surface area contributed by atoms with Gasteiger partial charge in [0, 0.05) is 31.6 Å². The Kier molecular flexibility index (Phi) is 5.90. The van der Waals surface area contributed by atoms with Gasteiger partial charge in [-0.15, -0.1) is 12.4 Å². The first-order valence-electron chi connectivity index (χ1n) is 6.34. The lowest BCUT2D eigenvalue weighted by molar-refractivity contribution is -0.0435. The van der Waals surface area contributed by atoms with E-state index in [9.17, 15) is 8.78 Å². The summed E-state index contributed by atoms with van der Waals surface area (Å²) in [6.45, 7) is 0.307. The van der Waals surface area contributed by atoms with Crippen LogP contribution in [0.4, 0.5) is 14.5 Å². The molecule has 2 rings (SSSR count). The summed E-state index contributed by atoms with van der Waals surface area (Å²) in [4.78, 5) is 5.46. The second-order valence-electron chi connectivity index (χ2n) is 4.65. The van der Waals surface area contributed by atoms with Gasteiger partial charge in [0.2, 0.25) is 5.96 Å². The fraction of sp³-hybridized carbons (Fsp3) is 0.385. The Balaban J connectivity index is 0.00000220. The van der Waals surface area contributed by atoms with E-state index in [-0.39, 0.29) is 50.3 Å². The Morgan fingerprint density at radius 1 is 1.24 bits per heavy atom. The fourth-order valence-electron chi connectivity index (χ4n) is 1.93. The number of nitrogens with zero attached hydrogens (tertiary/aromatic N) is 2. The molecular formula is C13H18ClF2N5. The zero-order chi connectivity index (χ0) is 14.6. The van der Waals surface area contributed by atoms with Crippen molar-refractivity contribution in [1.82, 2.24) is 4.90 Å². The Morgan fingerprint density at radius 2 is 1.81 bits per heavy atom. The van der Waals surface area contributed by atoms with Crippen LogP contribution in [0.2, 0.25) is 0 Å². The van der Waals surface area contributed by atoms with E-state index < -0.39 is 5.92 Å². The highest BCUT2D eigenvalue weighted by molar-refractivity contribution is 5.99. The summed E-state index contributed by atoms with van der Waals surface area (Å²) in [6.07, 6.45) is -0.467. The summed E-state index contributed by atoms with van der Waals surface area (Å²) >= 11 is 0. The highest BCUT2D eigenvalue weighted by Crippen LogP contribution is 2.27. The summed E-state index contributed by atoms with van der Waals surface area (Å²) in [5, 5.41) is 10.5. The van der Waals surface area contributed by atoms with E-state index in [0.717, 1.165) is 5.69 Å². The van der Waals surface area contributed by atoms with Crippen LogP contribution in [0.15, 0.2) is 35.3 Å². The van der Waals surface area contributed by atoms with Gasteiger partial charge in [0.25, 0.3) is 5.92 Å². The summed E-state index contributed by atoms with van der Waals surface area (Å²) < 4.78 is 26.1. The molecule has 1 aliphatic rings. The molecule has 0 saturated carbocycles. The summed E-state index contributed by atoms with van der Waals surface area (Å²) in [7, 11) is 0. The van der Waals surface area contributed by atoms with Gasteiger partial charge in [-0.25, -0.2) is 8.78 Å². The van der Waals surface area contributed by atoms with Crippen molar-refractivity contribution in [3.63, 3.8) is 0 Å². The van der Waals surface area contributed by atoms with E-state index in [1.807, 2.05) is 18.2 Å². The Hall–Kier alpha value is -1.89. The van der Waals surface area contributed by atoms with Crippen molar-refractivity contribution >= 4 is 30.0 Å². The number of benzene rings is 1. The number of aliphatic imine (C=N–C) groups is 1. The van der Waals surface area contributed by atoms with Gasteiger partial charge in [0.1, 0.15) is 0 Å². The van der Waals surface area contributed by atoms with Crippen molar-refractivity contribution in [2.75, 3.05) is 18.4 Å². The van der Waals surface area contributed by atoms with Crippen molar-refractivity contribution in [1.29, 1.82) is 5.41 Å². The normalized spacial score (nSPS) is 17.8. The predicted octanol–water partition coefficient (Wildman–Crippen LogP) is 2.50. The molecule has 5 nitrogen and oxygen atoms in total. The van der Waals surface area contributed by atoms with E-state index >= 15 is 0 Å². The SMILES string of the molecule is Cl.N=C(N=C(N)N1CCC(F)(F)CC1)Nc1ccccc1. The predicted molar refractivity (Wildman–Crippen MR) is 82.4 cm³/mol. The van der Waals surface area contributed by atoms with Gasteiger partial charge in [-0.1, -0.05) is 18.2 Å². The number of alkyl halides is 2. The maximum atomic E-state index is 13.0. The molecule has 1 aliphatic heterocycles. The van der Waals surface area contributed by atoms with E-state index in [2.05, 4.69) is 10.3 Å². The number of rotatable bonds is 1. The molecule has 0 bridgehead atoms. The number of nitrogens with one attached hydrogen (secondary N) is 2. The van der Waals surface area contributed by atoms with Crippen LogP contribution in [-0.2, 0) is 0 Å². The lowest BCUT2D eigenvalue weighted by Crippen LogP contribution is -2.46. The quantitative estimate of drug-likeness (QED) is 0.550. The molecule has 4 N–H and O–H groups in total. The van der Waals surface area contributed by atoms with Crippen LogP contribution < -0.4 is 11.1 Å². The van der Waals surface area contributed by atoms with E-state index in [1.165, 1.54) is 0 Å². The third kappa shape index (κ3) is 5.18. The van der Waals surface area contributed by atoms with Gasteiger partial charge >= 0.3 is 0 Å². The van der Waals surface area contributed by atoms with Crippen molar-refractivity contribution in [2.24, 2.45) is 10.7 Å². The van der Waals surface area contributed by atoms with Crippen LogP contribution in [0.5, 0.6) is 0 Å². The molecule has 0 amide bonds. The summed E-state index contributed by atoms with van der Waals surface area (Å²) in [5.74, 6) is -2.65. The molecule has 1 aromatic rings. The van der Waals surface area contributed by atoms with Gasteiger partial charge < -0.3 is 16.0 Å². The third-order valence-electron chi connectivity index (χ3n) is 3.08. The number of anilines is 1. The van der Waals surface area contributed by atoms with Crippen molar-refractivity contribution < 1.29 is 8.78 Å². The lowest BCUT2D eigenvalue weighted by atomic mass is 10.1. The lowest BCUT2D eigenvalue weighted by Gasteiger charge is -2.32. The molecule has 0 radical (unpaired) electrons. The van der Waals surface area contributed by atoms with Gasteiger partial charge in [0.05, 0.1) is 0 Å². The third-order valence-corrected chi connectivity index (χ3v) is 3.08. The summed E-state index contributed by atoms with van der Waals surface area (Å²) in [5.41, 5.74) is 6.46. The molecule has 1 fully saturated rings. The monoisotopic (exact) mass is 317 g/mol. The second-order valence-corrected chi connectivity index (χ2v) is 4.65. The minimum atomic E-state index is -2.62. The highest BCUT2D eigenvalue weighted by atomic mass is 35.5. The molecule has 8 heteroatoms. The minimum absolute atomic E-state index is 0. The average Bonchev–Trinajstić information content (AvgIpc) is 2.39. The van der Waals surface area contributed by atoms with Crippen molar-refractivity contribution in [3.8, 4) is 0 Å². The number of para-hydroxylation sites is 1. The zero-order valence-electron chi connectivity index (χ0n) is 11.4. The Bertz CT molecular complexity index is 497. The van der Waals surface area contributed by atoms with Gasteiger partial charge in [-0.3, -0.25) is 5.41 Å². The summed E-state index contributed by atoms with van der Waals surface area (Å²) in [6, 6.07) is 9.11. The Morgan fingerprint density at radius 3 is 2.38 bits per heavy atom. The largest absolute Gasteiger partial charge is 0.369 e. The molecule has 1 aromatic carbocycles. The van der Waals surface area contributed by atoms with E-state index in [4.69, 9.17) is 11.1 Å². The molecule has 0 unspecified atom stereocenters. The Labute approximate surface area is 128 Å². The average molecular weight is 318 g/mol. The van der Waals surface area contributed by atoms with Crippen LogP contribution in [-0.4, -0.2) is 35.8 Å². The van der Waals surface area contributed by atoms with Crippen molar-refractivity contribution in [3.05, 3.63) is 30.3 Å². The fourth-order valence-corrected chi connectivity index (χ4v) is 1.93. The number of hydrogen-bond donors (Lipinski definition) is 3. The minimum Gasteiger partial charge on any atom is -0.369 e. The highest BCUT2D eigenvalue weighted by Gasteiger charge is 2.34. The molecule has 0 atom stereocenters. The molecule has 0 aliphatic carbocycles. The molecule has 1 saturated heterocycles. The molecule has 0 spiro atoms. The molecular weight excluding hydrogens is 300 g/mol. The molecule has 1 heterocycles. The smallest absolute Gasteiger partial charge is 0.251 e. The van der Waals surface area contributed by atoms with Crippen LogP contribution >= 0.6 is 12.4 Å². The standard InChI is InChI=1S/C13H17F2N5.ClH/c14-13(15)6-8-20(9-7-13)12(17)19-11(16)18-10-4-2-1-3-5-10;/h1-5H,6-9H2,(H4,16,17,18,19);1H. The van der Waals surface area contributed by atoms with Crippen molar-refractivity contribution in [2.45, 2.75) is 18.8 Å². The first-order valence-corrected chi connectivity index (χ1v) is 6.34. The maximum absolute atomic E-state index is 13.0. The molecule has 0 aromatic heterocycles. The number of guanidine groups is 2. The topological polar surface area (TPSA) is 77.5 Å². The van der Waals surface area contributed by atoms with Crippen LogP contribution in [0, 0.1) is 5.41 Å². The first kappa shape index (κ1) is 17.2.